The molecule has 2 bridgehead atoms. The Morgan fingerprint density at radius 2 is 1.64 bits per heavy atom. The first-order chi connectivity index (χ1) is 10.6. The minimum Gasteiger partial charge on any atom is -0.494 e. The SMILES string of the molecule is Oc1c2c(c(O)n1-c1ccc(Br)c(Cl)c1)[C@@H]1CC[C@H]2[C@H]2C[C@H]21. The van der Waals surface area contributed by atoms with Crippen LogP contribution >= 0.6 is 27.5 Å². The van der Waals surface area contributed by atoms with Crippen molar-refractivity contribution in [2.24, 2.45) is 11.8 Å². The van der Waals surface area contributed by atoms with Gasteiger partial charge in [0.05, 0.1) is 10.7 Å². The van der Waals surface area contributed by atoms with Crippen LogP contribution in [0, 0.1) is 11.8 Å². The van der Waals surface area contributed by atoms with E-state index in [1.54, 1.807) is 10.6 Å². The van der Waals surface area contributed by atoms with Gasteiger partial charge in [0, 0.05) is 15.6 Å². The summed E-state index contributed by atoms with van der Waals surface area (Å²) >= 11 is 9.54. The second-order valence-corrected chi connectivity index (χ2v) is 8.02. The minimum absolute atomic E-state index is 0.200. The van der Waals surface area contributed by atoms with E-state index in [0.29, 0.717) is 22.5 Å². The van der Waals surface area contributed by atoms with Gasteiger partial charge in [-0.15, -0.1) is 0 Å². The summed E-state index contributed by atoms with van der Waals surface area (Å²) in [6.07, 6.45) is 3.53. The van der Waals surface area contributed by atoms with Crippen molar-refractivity contribution in [3.8, 4) is 17.4 Å². The first kappa shape index (κ1) is 13.3. The van der Waals surface area contributed by atoms with Gasteiger partial charge < -0.3 is 10.2 Å². The standard InChI is InChI=1S/C17H15BrClNO2/c18-12-4-1-7(5-13(12)19)20-16(21)14-8-2-3-9(11-6-10(8)11)15(14)17(20)22/h1,4-5,8-11,21-22H,2-3,6H2/t8-,9+,10+,11-. The lowest BCUT2D eigenvalue weighted by Crippen LogP contribution is -2.22. The van der Waals surface area contributed by atoms with Gasteiger partial charge in [0.1, 0.15) is 0 Å². The predicted molar refractivity (Wildman–Crippen MR) is 88.1 cm³/mol. The summed E-state index contributed by atoms with van der Waals surface area (Å²) in [4.78, 5) is 0. The molecule has 0 spiro atoms. The van der Waals surface area contributed by atoms with E-state index in [-0.39, 0.29) is 11.8 Å². The summed E-state index contributed by atoms with van der Waals surface area (Å²) in [5, 5.41) is 22.1. The molecule has 0 radical (unpaired) electrons. The molecular weight excluding hydrogens is 366 g/mol. The monoisotopic (exact) mass is 379 g/mol. The zero-order chi connectivity index (χ0) is 15.2. The number of hydrogen-bond acceptors (Lipinski definition) is 2. The summed E-state index contributed by atoms with van der Waals surface area (Å²) < 4.78 is 2.36. The molecule has 1 aromatic carbocycles. The highest BCUT2D eigenvalue weighted by molar-refractivity contribution is 9.10. The lowest BCUT2D eigenvalue weighted by atomic mass is 9.68. The molecule has 3 nitrogen and oxygen atoms in total. The molecule has 2 fully saturated rings. The summed E-state index contributed by atoms with van der Waals surface area (Å²) in [6.45, 7) is 0. The Labute approximate surface area is 141 Å². The van der Waals surface area contributed by atoms with Gasteiger partial charge in [-0.1, -0.05) is 11.6 Å². The Morgan fingerprint density at radius 1 is 1.05 bits per heavy atom. The molecule has 2 N–H and O–H groups in total. The van der Waals surface area contributed by atoms with Crippen molar-refractivity contribution in [2.45, 2.75) is 31.1 Å². The van der Waals surface area contributed by atoms with E-state index >= 15 is 0 Å². The molecule has 5 heteroatoms. The second kappa shape index (κ2) is 4.24. The van der Waals surface area contributed by atoms with Crippen LogP contribution in [0.2, 0.25) is 5.02 Å². The highest BCUT2D eigenvalue weighted by Gasteiger charge is 2.58. The maximum Gasteiger partial charge on any atom is 0.202 e. The van der Waals surface area contributed by atoms with E-state index in [9.17, 15) is 10.2 Å². The molecule has 4 atom stereocenters. The van der Waals surface area contributed by atoms with Crippen molar-refractivity contribution >= 4 is 27.5 Å². The molecule has 6 rings (SSSR count). The Hall–Kier alpha value is -1.13. The van der Waals surface area contributed by atoms with Crippen LogP contribution in [0.25, 0.3) is 5.69 Å². The van der Waals surface area contributed by atoms with Crippen LogP contribution in [0.1, 0.15) is 42.2 Å². The molecule has 2 aromatic rings. The fourth-order valence-electron chi connectivity index (χ4n) is 4.85. The van der Waals surface area contributed by atoms with Crippen LogP contribution in [0.15, 0.2) is 22.7 Å². The van der Waals surface area contributed by atoms with E-state index in [2.05, 4.69) is 15.9 Å². The molecular formula is C17H15BrClNO2. The van der Waals surface area contributed by atoms with E-state index < -0.39 is 0 Å². The third-order valence-electron chi connectivity index (χ3n) is 5.81. The first-order valence-corrected chi connectivity index (χ1v) is 8.87. The van der Waals surface area contributed by atoms with Crippen molar-refractivity contribution in [3.05, 3.63) is 38.8 Å². The van der Waals surface area contributed by atoms with Crippen molar-refractivity contribution in [1.29, 1.82) is 0 Å². The van der Waals surface area contributed by atoms with Crippen molar-refractivity contribution in [1.82, 2.24) is 4.57 Å². The van der Waals surface area contributed by atoms with Crippen LogP contribution in [0.4, 0.5) is 0 Å². The largest absolute Gasteiger partial charge is 0.494 e. The Bertz CT molecular complexity index is 776. The molecule has 22 heavy (non-hydrogen) atoms. The maximum atomic E-state index is 10.8. The fraction of sp³-hybridized carbons (Fsp3) is 0.412. The summed E-state index contributed by atoms with van der Waals surface area (Å²) in [7, 11) is 0. The molecule has 4 aliphatic rings. The van der Waals surface area contributed by atoms with Crippen molar-refractivity contribution in [2.75, 3.05) is 0 Å². The number of halogens is 2. The molecule has 0 aliphatic heterocycles. The van der Waals surface area contributed by atoms with Crippen LogP contribution in [-0.4, -0.2) is 14.8 Å². The minimum atomic E-state index is 0.200. The number of aromatic nitrogens is 1. The molecule has 114 valence electrons. The van der Waals surface area contributed by atoms with E-state index in [0.717, 1.165) is 40.3 Å². The second-order valence-electron chi connectivity index (χ2n) is 6.76. The van der Waals surface area contributed by atoms with Gasteiger partial charge in [0.15, 0.2) is 0 Å². The zero-order valence-corrected chi connectivity index (χ0v) is 14.1. The molecule has 0 unspecified atom stereocenters. The third-order valence-corrected chi connectivity index (χ3v) is 7.04. The van der Waals surface area contributed by atoms with Gasteiger partial charge in [-0.3, -0.25) is 4.57 Å². The Kier molecular flexibility index (Phi) is 2.56. The zero-order valence-electron chi connectivity index (χ0n) is 11.8. The van der Waals surface area contributed by atoms with Crippen LogP contribution in [-0.2, 0) is 0 Å². The third kappa shape index (κ3) is 1.52. The lowest BCUT2D eigenvalue weighted by molar-refractivity contribution is 0.322. The Balaban J connectivity index is 1.74. The van der Waals surface area contributed by atoms with E-state index in [1.807, 2.05) is 12.1 Å². The summed E-state index contributed by atoms with van der Waals surface area (Å²) in [5.74, 6) is 2.69. The van der Waals surface area contributed by atoms with Crippen LogP contribution in [0.5, 0.6) is 11.8 Å². The van der Waals surface area contributed by atoms with Crippen molar-refractivity contribution in [3.63, 3.8) is 0 Å². The Morgan fingerprint density at radius 3 is 2.18 bits per heavy atom. The summed E-state index contributed by atoms with van der Waals surface area (Å²) in [6, 6.07) is 5.45. The topological polar surface area (TPSA) is 45.4 Å². The van der Waals surface area contributed by atoms with Gasteiger partial charge in [-0.25, -0.2) is 0 Å². The molecule has 2 saturated carbocycles. The number of aromatic hydroxyl groups is 2. The highest BCUT2D eigenvalue weighted by atomic mass is 79.9. The lowest BCUT2D eigenvalue weighted by Gasteiger charge is -2.35. The van der Waals surface area contributed by atoms with E-state index in [4.69, 9.17) is 11.6 Å². The quantitative estimate of drug-likeness (QED) is 0.738. The molecule has 4 aliphatic carbocycles. The average molecular weight is 381 g/mol. The normalized spacial score (nSPS) is 31.0. The fourth-order valence-corrected chi connectivity index (χ4v) is 5.27. The number of fused-ring (bicyclic) bond motifs is 1. The van der Waals surface area contributed by atoms with Gasteiger partial charge in [0.2, 0.25) is 11.8 Å². The van der Waals surface area contributed by atoms with Gasteiger partial charge in [-0.2, -0.15) is 0 Å². The van der Waals surface area contributed by atoms with Crippen molar-refractivity contribution < 1.29 is 10.2 Å². The number of benzene rings is 1. The number of nitrogens with zero attached hydrogens (tertiary/aromatic N) is 1. The maximum absolute atomic E-state index is 10.8. The van der Waals surface area contributed by atoms with Gasteiger partial charge in [-0.05, 0) is 77.1 Å². The number of rotatable bonds is 1. The molecule has 1 heterocycles. The highest BCUT2D eigenvalue weighted by Crippen LogP contribution is 2.70. The smallest absolute Gasteiger partial charge is 0.202 e. The van der Waals surface area contributed by atoms with Crippen LogP contribution < -0.4 is 0 Å². The first-order valence-electron chi connectivity index (χ1n) is 7.69. The number of hydrogen-bond donors (Lipinski definition) is 2. The molecule has 0 amide bonds. The average Bonchev–Trinajstić information content (AvgIpc) is 3.28. The predicted octanol–water partition coefficient (Wildman–Crippen LogP) is 4.92. The summed E-state index contributed by atoms with van der Waals surface area (Å²) in [5.41, 5.74) is 2.68. The van der Waals surface area contributed by atoms with E-state index in [1.165, 1.54) is 6.42 Å². The van der Waals surface area contributed by atoms with Gasteiger partial charge >= 0.3 is 0 Å². The molecule has 1 aromatic heterocycles. The van der Waals surface area contributed by atoms with Crippen LogP contribution in [0.3, 0.4) is 0 Å². The molecule has 0 saturated heterocycles. The van der Waals surface area contributed by atoms with Gasteiger partial charge in [0.25, 0.3) is 0 Å².